The van der Waals surface area contributed by atoms with Crippen LogP contribution >= 0.6 is 11.3 Å². The van der Waals surface area contributed by atoms with Gasteiger partial charge < -0.3 is 10.6 Å². The van der Waals surface area contributed by atoms with E-state index in [9.17, 15) is 4.79 Å². The zero-order chi connectivity index (χ0) is 13.7. The van der Waals surface area contributed by atoms with E-state index in [-0.39, 0.29) is 11.3 Å². The van der Waals surface area contributed by atoms with E-state index < -0.39 is 0 Å². The molecule has 1 unspecified atom stereocenters. The molecule has 0 spiro atoms. The SMILES string of the molecule is CCCC1(C(=O)NCCc2csc(C)n2)CCNC1. The van der Waals surface area contributed by atoms with Crippen LogP contribution in [-0.4, -0.2) is 30.5 Å². The quantitative estimate of drug-likeness (QED) is 0.837. The lowest BCUT2D eigenvalue weighted by molar-refractivity contribution is -0.130. The van der Waals surface area contributed by atoms with Gasteiger partial charge in [0.05, 0.1) is 16.1 Å². The summed E-state index contributed by atoms with van der Waals surface area (Å²) >= 11 is 1.66. The molecule has 5 heteroatoms. The molecule has 1 aromatic heterocycles. The highest BCUT2D eigenvalue weighted by Crippen LogP contribution is 2.31. The van der Waals surface area contributed by atoms with Crippen molar-refractivity contribution in [2.45, 2.75) is 39.5 Å². The molecule has 106 valence electrons. The Kier molecular flexibility index (Phi) is 4.93. The number of aromatic nitrogens is 1. The molecular formula is C14H23N3OS. The van der Waals surface area contributed by atoms with Crippen LogP contribution in [0.15, 0.2) is 5.38 Å². The van der Waals surface area contributed by atoms with Crippen LogP contribution in [0.2, 0.25) is 0 Å². The Labute approximate surface area is 119 Å². The number of carbonyl (C=O) groups excluding carboxylic acids is 1. The number of thiazole rings is 1. The van der Waals surface area contributed by atoms with Crippen molar-refractivity contribution in [1.82, 2.24) is 15.6 Å². The Bertz CT molecular complexity index is 424. The van der Waals surface area contributed by atoms with Crippen LogP contribution in [0.5, 0.6) is 0 Å². The standard InChI is InChI=1S/C14H23N3OS/c1-3-5-14(6-8-15-10-14)13(18)16-7-4-12-9-19-11(2)17-12/h9,15H,3-8,10H2,1-2H3,(H,16,18). The summed E-state index contributed by atoms with van der Waals surface area (Å²) in [6, 6.07) is 0. The molecule has 1 aromatic rings. The highest BCUT2D eigenvalue weighted by atomic mass is 32.1. The van der Waals surface area contributed by atoms with Crippen molar-refractivity contribution in [3.63, 3.8) is 0 Å². The van der Waals surface area contributed by atoms with E-state index in [1.165, 1.54) is 0 Å². The Morgan fingerprint density at radius 3 is 3.05 bits per heavy atom. The number of nitrogens with one attached hydrogen (secondary N) is 2. The lowest BCUT2D eigenvalue weighted by Gasteiger charge is -2.26. The van der Waals surface area contributed by atoms with Gasteiger partial charge in [-0.3, -0.25) is 4.79 Å². The molecule has 0 aromatic carbocycles. The fourth-order valence-corrected chi connectivity index (χ4v) is 3.40. The third kappa shape index (κ3) is 3.54. The predicted molar refractivity (Wildman–Crippen MR) is 78.4 cm³/mol. The minimum absolute atomic E-state index is 0.174. The third-order valence-electron chi connectivity index (χ3n) is 3.79. The van der Waals surface area contributed by atoms with Crippen molar-refractivity contribution in [2.24, 2.45) is 5.41 Å². The van der Waals surface area contributed by atoms with Gasteiger partial charge in [-0.2, -0.15) is 0 Å². The second kappa shape index (κ2) is 6.48. The molecule has 0 saturated carbocycles. The van der Waals surface area contributed by atoms with Gasteiger partial charge in [0.2, 0.25) is 5.91 Å². The zero-order valence-corrected chi connectivity index (χ0v) is 12.6. The van der Waals surface area contributed by atoms with Gasteiger partial charge in [-0.1, -0.05) is 13.3 Å². The molecule has 4 nitrogen and oxygen atoms in total. The predicted octanol–water partition coefficient (Wildman–Crippen LogP) is 1.89. The second-order valence-corrected chi connectivity index (χ2v) is 6.38. The van der Waals surface area contributed by atoms with Gasteiger partial charge in [0, 0.05) is 24.9 Å². The van der Waals surface area contributed by atoms with Crippen LogP contribution in [-0.2, 0) is 11.2 Å². The average Bonchev–Trinajstić information content (AvgIpc) is 3.00. The number of nitrogens with zero attached hydrogens (tertiary/aromatic N) is 1. The second-order valence-electron chi connectivity index (χ2n) is 5.32. The molecule has 0 bridgehead atoms. The molecule has 2 N–H and O–H groups in total. The molecule has 2 rings (SSSR count). The number of carbonyl (C=O) groups is 1. The molecule has 19 heavy (non-hydrogen) atoms. The smallest absolute Gasteiger partial charge is 0.227 e. The van der Waals surface area contributed by atoms with Gasteiger partial charge >= 0.3 is 0 Å². The van der Waals surface area contributed by atoms with Crippen LogP contribution < -0.4 is 10.6 Å². The van der Waals surface area contributed by atoms with Crippen LogP contribution in [0.1, 0.15) is 36.9 Å². The van der Waals surface area contributed by atoms with Crippen LogP contribution in [0, 0.1) is 12.3 Å². The van der Waals surface area contributed by atoms with E-state index in [0.29, 0.717) is 6.54 Å². The topological polar surface area (TPSA) is 54.0 Å². The van der Waals surface area contributed by atoms with E-state index in [0.717, 1.165) is 49.5 Å². The van der Waals surface area contributed by atoms with Gasteiger partial charge in [0.1, 0.15) is 0 Å². The van der Waals surface area contributed by atoms with Crippen molar-refractivity contribution in [3.8, 4) is 0 Å². The summed E-state index contributed by atoms with van der Waals surface area (Å²) < 4.78 is 0. The maximum absolute atomic E-state index is 12.4. The Balaban J connectivity index is 1.82. The first kappa shape index (κ1) is 14.5. The fraction of sp³-hybridized carbons (Fsp3) is 0.714. The lowest BCUT2D eigenvalue weighted by atomic mass is 9.81. The Morgan fingerprint density at radius 1 is 1.63 bits per heavy atom. The van der Waals surface area contributed by atoms with Gasteiger partial charge in [-0.25, -0.2) is 4.98 Å². The number of aryl methyl sites for hydroxylation is 1. The Morgan fingerprint density at radius 2 is 2.47 bits per heavy atom. The molecule has 1 atom stereocenters. The van der Waals surface area contributed by atoms with E-state index in [2.05, 4.69) is 27.9 Å². The van der Waals surface area contributed by atoms with Crippen LogP contribution in [0.4, 0.5) is 0 Å². The summed E-state index contributed by atoms with van der Waals surface area (Å²) in [6.07, 6.45) is 3.82. The van der Waals surface area contributed by atoms with Gasteiger partial charge in [-0.05, 0) is 26.3 Å². The monoisotopic (exact) mass is 281 g/mol. The summed E-state index contributed by atoms with van der Waals surface area (Å²) in [7, 11) is 0. The van der Waals surface area contributed by atoms with Crippen molar-refractivity contribution in [2.75, 3.05) is 19.6 Å². The average molecular weight is 281 g/mol. The molecule has 0 radical (unpaired) electrons. The number of hydrogen-bond acceptors (Lipinski definition) is 4. The molecule has 2 heterocycles. The molecule has 1 aliphatic heterocycles. The van der Waals surface area contributed by atoms with E-state index >= 15 is 0 Å². The van der Waals surface area contributed by atoms with Crippen LogP contribution in [0.25, 0.3) is 0 Å². The first-order valence-corrected chi connectivity index (χ1v) is 7.94. The van der Waals surface area contributed by atoms with Gasteiger partial charge in [-0.15, -0.1) is 11.3 Å². The van der Waals surface area contributed by atoms with Crippen molar-refractivity contribution < 1.29 is 4.79 Å². The van der Waals surface area contributed by atoms with E-state index in [1.807, 2.05) is 6.92 Å². The molecule has 1 fully saturated rings. The first-order chi connectivity index (χ1) is 9.16. The minimum Gasteiger partial charge on any atom is -0.355 e. The maximum Gasteiger partial charge on any atom is 0.227 e. The first-order valence-electron chi connectivity index (χ1n) is 7.06. The van der Waals surface area contributed by atoms with Gasteiger partial charge in [0.15, 0.2) is 0 Å². The zero-order valence-electron chi connectivity index (χ0n) is 11.8. The van der Waals surface area contributed by atoms with E-state index in [1.54, 1.807) is 11.3 Å². The third-order valence-corrected chi connectivity index (χ3v) is 4.61. The molecule has 0 aliphatic carbocycles. The van der Waals surface area contributed by atoms with Crippen molar-refractivity contribution >= 4 is 17.2 Å². The van der Waals surface area contributed by atoms with Crippen molar-refractivity contribution in [1.29, 1.82) is 0 Å². The fourth-order valence-electron chi connectivity index (χ4n) is 2.76. The highest BCUT2D eigenvalue weighted by molar-refractivity contribution is 7.09. The number of rotatable bonds is 6. The normalized spacial score (nSPS) is 22.6. The van der Waals surface area contributed by atoms with E-state index in [4.69, 9.17) is 0 Å². The minimum atomic E-state index is -0.174. The molecular weight excluding hydrogens is 258 g/mol. The lowest BCUT2D eigenvalue weighted by Crippen LogP contribution is -2.43. The summed E-state index contributed by atoms with van der Waals surface area (Å²) in [4.78, 5) is 16.8. The number of amides is 1. The highest BCUT2D eigenvalue weighted by Gasteiger charge is 2.39. The maximum atomic E-state index is 12.4. The summed E-state index contributed by atoms with van der Waals surface area (Å²) in [5.74, 6) is 0.214. The summed E-state index contributed by atoms with van der Waals surface area (Å²) in [6.45, 7) is 6.62. The number of hydrogen-bond donors (Lipinski definition) is 2. The largest absolute Gasteiger partial charge is 0.355 e. The molecule has 1 saturated heterocycles. The van der Waals surface area contributed by atoms with Gasteiger partial charge in [0.25, 0.3) is 0 Å². The summed E-state index contributed by atoms with van der Waals surface area (Å²) in [5.41, 5.74) is 0.907. The van der Waals surface area contributed by atoms with Crippen molar-refractivity contribution in [3.05, 3.63) is 16.1 Å². The molecule has 1 aliphatic rings. The van der Waals surface area contributed by atoms with Crippen LogP contribution in [0.3, 0.4) is 0 Å². The Hall–Kier alpha value is -0.940. The molecule has 1 amide bonds. The summed E-state index contributed by atoms with van der Waals surface area (Å²) in [5, 5.41) is 9.57.